The maximum Gasteiger partial charge on any atom is 0.0702 e. The Bertz CT molecular complexity index is 572. The topological polar surface area (TPSA) is 32.3 Å². The minimum absolute atomic E-state index is 0.0354. The summed E-state index contributed by atoms with van der Waals surface area (Å²) in [5.41, 5.74) is 3.87. The summed E-state index contributed by atoms with van der Waals surface area (Å²) in [6, 6.07) is 11.6. The largest absolute Gasteiger partial charge is 0.392 e. The molecule has 0 unspecified atom stereocenters. The molecule has 2 aromatic rings. The molecular formula is C14H13ClINO. The van der Waals surface area contributed by atoms with Crippen LogP contribution in [0, 0.1) is 10.5 Å². The van der Waals surface area contributed by atoms with E-state index < -0.39 is 0 Å². The third-order valence-electron chi connectivity index (χ3n) is 2.70. The molecule has 0 spiro atoms. The smallest absolute Gasteiger partial charge is 0.0702 e. The number of aliphatic hydroxyl groups excluding tert-OH is 1. The standard InChI is InChI=1S/C14H13ClINO/c1-9-6-12(16)3-5-13(9)17-14-4-2-11(15)7-10(14)8-18/h2-7,17-18H,8H2,1H3. The molecule has 0 saturated carbocycles. The molecule has 0 amide bonds. The van der Waals surface area contributed by atoms with E-state index >= 15 is 0 Å². The van der Waals surface area contributed by atoms with Gasteiger partial charge in [-0.3, -0.25) is 0 Å². The van der Waals surface area contributed by atoms with Crippen LogP contribution in [-0.2, 0) is 6.61 Å². The van der Waals surface area contributed by atoms with Gasteiger partial charge >= 0.3 is 0 Å². The van der Waals surface area contributed by atoms with Crippen LogP contribution in [-0.4, -0.2) is 5.11 Å². The zero-order valence-corrected chi connectivity index (χ0v) is 12.8. The Hall–Kier alpha value is -0.780. The molecule has 94 valence electrons. The second kappa shape index (κ2) is 5.91. The number of halogens is 2. The molecule has 0 atom stereocenters. The number of rotatable bonds is 3. The van der Waals surface area contributed by atoms with Gasteiger partial charge in [0.15, 0.2) is 0 Å². The summed E-state index contributed by atoms with van der Waals surface area (Å²) >= 11 is 8.20. The molecule has 0 radical (unpaired) electrons. The molecule has 2 rings (SSSR count). The van der Waals surface area contributed by atoms with E-state index in [4.69, 9.17) is 11.6 Å². The average Bonchev–Trinajstić information content (AvgIpc) is 2.34. The van der Waals surface area contributed by atoms with Crippen LogP contribution in [0.25, 0.3) is 0 Å². The zero-order valence-electron chi connectivity index (χ0n) is 9.87. The Morgan fingerprint density at radius 3 is 2.56 bits per heavy atom. The van der Waals surface area contributed by atoms with Gasteiger partial charge in [0.1, 0.15) is 0 Å². The molecule has 0 bridgehead atoms. The van der Waals surface area contributed by atoms with E-state index in [1.54, 1.807) is 6.07 Å². The summed E-state index contributed by atoms with van der Waals surface area (Å²) < 4.78 is 1.20. The van der Waals surface area contributed by atoms with E-state index in [9.17, 15) is 5.11 Å². The Morgan fingerprint density at radius 2 is 1.89 bits per heavy atom. The number of anilines is 2. The predicted molar refractivity (Wildman–Crippen MR) is 84.6 cm³/mol. The van der Waals surface area contributed by atoms with E-state index in [0.29, 0.717) is 5.02 Å². The van der Waals surface area contributed by atoms with Crippen molar-refractivity contribution in [2.75, 3.05) is 5.32 Å². The minimum Gasteiger partial charge on any atom is -0.392 e. The average molecular weight is 374 g/mol. The van der Waals surface area contributed by atoms with Crippen LogP contribution in [0.15, 0.2) is 36.4 Å². The molecule has 0 aromatic heterocycles. The molecule has 0 heterocycles. The van der Waals surface area contributed by atoms with Crippen molar-refractivity contribution in [3.8, 4) is 0 Å². The van der Waals surface area contributed by atoms with Crippen LogP contribution < -0.4 is 5.32 Å². The minimum atomic E-state index is -0.0354. The lowest BCUT2D eigenvalue weighted by Crippen LogP contribution is -1.98. The molecule has 18 heavy (non-hydrogen) atoms. The van der Waals surface area contributed by atoms with Crippen molar-refractivity contribution in [1.82, 2.24) is 0 Å². The molecule has 2 nitrogen and oxygen atoms in total. The second-order valence-electron chi connectivity index (χ2n) is 4.04. The summed E-state index contributed by atoms with van der Waals surface area (Å²) in [6.07, 6.45) is 0. The Morgan fingerprint density at radius 1 is 1.17 bits per heavy atom. The highest BCUT2D eigenvalue weighted by Gasteiger charge is 2.05. The van der Waals surface area contributed by atoms with Gasteiger partial charge in [0, 0.05) is 25.5 Å². The fraction of sp³-hybridized carbons (Fsp3) is 0.143. The van der Waals surface area contributed by atoms with Gasteiger partial charge in [-0.1, -0.05) is 11.6 Å². The Balaban J connectivity index is 2.33. The molecule has 0 aliphatic carbocycles. The molecule has 4 heteroatoms. The molecule has 0 aliphatic rings. The monoisotopic (exact) mass is 373 g/mol. The molecule has 0 fully saturated rings. The zero-order chi connectivity index (χ0) is 13.1. The van der Waals surface area contributed by atoms with Crippen molar-refractivity contribution in [1.29, 1.82) is 0 Å². The summed E-state index contributed by atoms with van der Waals surface area (Å²) in [5.74, 6) is 0. The fourth-order valence-corrected chi connectivity index (χ4v) is 2.57. The number of hydrogen-bond acceptors (Lipinski definition) is 2. The summed E-state index contributed by atoms with van der Waals surface area (Å²) in [6.45, 7) is 2.02. The molecule has 0 aliphatic heterocycles. The fourth-order valence-electron chi connectivity index (χ4n) is 1.73. The highest BCUT2D eigenvalue weighted by atomic mass is 127. The third kappa shape index (κ3) is 3.16. The van der Waals surface area contributed by atoms with Crippen LogP contribution in [0.4, 0.5) is 11.4 Å². The van der Waals surface area contributed by atoms with Crippen molar-refractivity contribution in [3.05, 3.63) is 56.1 Å². The van der Waals surface area contributed by atoms with Gasteiger partial charge in [-0.05, 0) is 71.5 Å². The lowest BCUT2D eigenvalue weighted by atomic mass is 10.1. The van der Waals surface area contributed by atoms with Crippen molar-refractivity contribution >= 4 is 45.6 Å². The number of aliphatic hydroxyl groups is 1. The van der Waals surface area contributed by atoms with Crippen LogP contribution >= 0.6 is 34.2 Å². The Labute approximate surface area is 125 Å². The maximum atomic E-state index is 9.33. The van der Waals surface area contributed by atoms with Crippen LogP contribution in [0.2, 0.25) is 5.02 Å². The van der Waals surface area contributed by atoms with Crippen molar-refractivity contribution in [2.24, 2.45) is 0 Å². The van der Waals surface area contributed by atoms with Crippen molar-refractivity contribution < 1.29 is 5.11 Å². The SMILES string of the molecule is Cc1cc(I)ccc1Nc1ccc(Cl)cc1CO. The van der Waals surface area contributed by atoms with E-state index in [-0.39, 0.29) is 6.61 Å². The lowest BCUT2D eigenvalue weighted by molar-refractivity contribution is 0.282. The van der Waals surface area contributed by atoms with E-state index in [0.717, 1.165) is 16.9 Å². The first kappa shape index (κ1) is 13.6. The van der Waals surface area contributed by atoms with Crippen LogP contribution in [0.5, 0.6) is 0 Å². The van der Waals surface area contributed by atoms with Gasteiger partial charge < -0.3 is 10.4 Å². The Kier molecular flexibility index (Phi) is 4.48. The van der Waals surface area contributed by atoms with E-state index in [2.05, 4.69) is 40.9 Å². The first-order valence-corrected chi connectivity index (χ1v) is 6.98. The van der Waals surface area contributed by atoms with Gasteiger partial charge in [-0.2, -0.15) is 0 Å². The summed E-state index contributed by atoms with van der Waals surface area (Å²) in [7, 11) is 0. The predicted octanol–water partition coefficient (Wildman–Crippen LogP) is 4.49. The number of aryl methyl sites for hydroxylation is 1. The van der Waals surface area contributed by atoms with Crippen molar-refractivity contribution in [3.63, 3.8) is 0 Å². The van der Waals surface area contributed by atoms with Gasteiger partial charge in [0.25, 0.3) is 0 Å². The summed E-state index contributed by atoms with van der Waals surface area (Å²) in [4.78, 5) is 0. The number of nitrogens with one attached hydrogen (secondary N) is 1. The first-order chi connectivity index (χ1) is 8.60. The van der Waals surface area contributed by atoms with E-state index in [1.807, 2.05) is 24.3 Å². The highest BCUT2D eigenvalue weighted by molar-refractivity contribution is 14.1. The molecule has 2 N–H and O–H groups in total. The molecule has 2 aromatic carbocycles. The molecular weight excluding hydrogens is 361 g/mol. The van der Waals surface area contributed by atoms with Gasteiger partial charge in [-0.25, -0.2) is 0 Å². The highest BCUT2D eigenvalue weighted by Crippen LogP contribution is 2.26. The van der Waals surface area contributed by atoms with Crippen molar-refractivity contribution in [2.45, 2.75) is 13.5 Å². The van der Waals surface area contributed by atoms with E-state index in [1.165, 1.54) is 9.13 Å². The van der Waals surface area contributed by atoms with Gasteiger partial charge in [0.05, 0.1) is 6.61 Å². The normalized spacial score (nSPS) is 10.4. The molecule has 0 saturated heterocycles. The summed E-state index contributed by atoms with van der Waals surface area (Å²) in [5, 5.41) is 13.3. The second-order valence-corrected chi connectivity index (χ2v) is 5.73. The maximum absolute atomic E-state index is 9.33. The van der Waals surface area contributed by atoms with Gasteiger partial charge in [0.2, 0.25) is 0 Å². The number of hydrogen-bond donors (Lipinski definition) is 2. The number of benzene rings is 2. The third-order valence-corrected chi connectivity index (χ3v) is 3.60. The first-order valence-electron chi connectivity index (χ1n) is 5.52. The van der Waals surface area contributed by atoms with Crippen LogP contribution in [0.3, 0.4) is 0 Å². The lowest BCUT2D eigenvalue weighted by Gasteiger charge is -2.13. The van der Waals surface area contributed by atoms with Gasteiger partial charge in [-0.15, -0.1) is 0 Å². The quantitative estimate of drug-likeness (QED) is 0.777. The van der Waals surface area contributed by atoms with Crippen LogP contribution in [0.1, 0.15) is 11.1 Å².